The van der Waals surface area contributed by atoms with Crippen LogP contribution in [0.4, 0.5) is 34.1 Å². The summed E-state index contributed by atoms with van der Waals surface area (Å²) in [6.07, 6.45) is 0. The van der Waals surface area contributed by atoms with Gasteiger partial charge in [-0.15, -0.1) is 0 Å². The highest BCUT2D eigenvalue weighted by Gasteiger charge is 2.47. The molecule has 0 bridgehead atoms. The minimum absolute atomic E-state index is 0.693. The highest BCUT2D eigenvalue weighted by atomic mass is 15.1. The molecule has 0 atom stereocenters. The Hall–Kier alpha value is -8.20. The second-order valence-corrected chi connectivity index (χ2v) is 16.4. The number of benzene rings is 11. The van der Waals surface area contributed by atoms with Gasteiger partial charge in [0.15, 0.2) is 0 Å². The molecule has 0 N–H and O–H groups in total. The molecule has 0 fully saturated rings. The van der Waals surface area contributed by atoms with Gasteiger partial charge in [-0.05, 0) is 116 Å². The Morgan fingerprint density at radius 3 is 1.13 bits per heavy atom. The van der Waals surface area contributed by atoms with Crippen molar-refractivity contribution in [3.05, 3.63) is 277 Å². The number of rotatable bonds is 8. The average molecular weight is 803 g/mol. The summed E-state index contributed by atoms with van der Waals surface area (Å²) in [5.41, 5.74) is 13.5. The summed E-state index contributed by atoms with van der Waals surface area (Å²) >= 11 is 0. The fourth-order valence-corrected chi connectivity index (χ4v) is 10.4. The SMILES string of the molecule is c1ccc(N(c2ccc3c(c2)C(c2ccccc2)(c2cccc4ccccc24)c2cc(N(c4ccccc4)c4cccc5ccccc45)ccc2-3)c2cccc3ccccc23)cc1. The van der Waals surface area contributed by atoms with E-state index in [0.29, 0.717) is 0 Å². The van der Waals surface area contributed by atoms with E-state index in [4.69, 9.17) is 0 Å². The molecule has 1 aliphatic carbocycles. The zero-order chi connectivity index (χ0) is 41.7. The third-order valence-corrected chi connectivity index (χ3v) is 13.1. The molecule has 2 heteroatoms. The third-order valence-electron chi connectivity index (χ3n) is 13.1. The van der Waals surface area contributed by atoms with Gasteiger partial charge in [0.05, 0.1) is 16.8 Å². The van der Waals surface area contributed by atoms with E-state index in [2.05, 4.69) is 265 Å². The highest BCUT2D eigenvalue weighted by Crippen LogP contribution is 2.59. The third kappa shape index (κ3) is 5.87. The first-order valence-corrected chi connectivity index (χ1v) is 21.8. The van der Waals surface area contributed by atoms with Crippen molar-refractivity contribution in [1.82, 2.24) is 0 Å². The normalized spacial score (nSPS) is 12.6. The fraction of sp³-hybridized carbons (Fsp3) is 0.0164. The van der Waals surface area contributed by atoms with Crippen LogP contribution in [-0.2, 0) is 5.41 Å². The molecule has 11 aromatic carbocycles. The summed E-state index contributed by atoms with van der Waals surface area (Å²) in [7, 11) is 0. The number of anilines is 6. The second-order valence-electron chi connectivity index (χ2n) is 16.4. The summed E-state index contributed by atoms with van der Waals surface area (Å²) in [5, 5.41) is 7.28. The zero-order valence-corrected chi connectivity index (χ0v) is 34.6. The van der Waals surface area contributed by atoms with Crippen molar-refractivity contribution in [1.29, 1.82) is 0 Å². The first kappa shape index (κ1) is 36.6. The first-order chi connectivity index (χ1) is 31.3. The van der Waals surface area contributed by atoms with Gasteiger partial charge in [0, 0.05) is 33.5 Å². The van der Waals surface area contributed by atoms with Crippen molar-refractivity contribution in [3.8, 4) is 11.1 Å². The molecule has 0 saturated heterocycles. The largest absolute Gasteiger partial charge is 0.310 e. The molecule has 0 heterocycles. The number of hydrogen-bond acceptors (Lipinski definition) is 2. The number of fused-ring (bicyclic) bond motifs is 6. The van der Waals surface area contributed by atoms with E-state index < -0.39 is 5.41 Å². The maximum Gasteiger partial charge on any atom is 0.0721 e. The van der Waals surface area contributed by atoms with E-state index >= 15 is 0 Å². The van der Waals surface area contributed by atoms with Crippen LogP contribution in [0.1, 0.15) is 22.3 Å². The second kappa shape index (κ2) is 15.1. The first-order valence-electron chi connectivity index (χ1n) is 21.8. The molecule has 11 aromatic rings. The van der Waals surface area contributed by atoms with Crippen molar-refractivity contribution < 1.29 is 0 Å². The van der Waals surface area contributed by atoms with E-state index in [1.807, 2.05) is 0 Å². The van der Waals surface area contributed by atoms with Crippen LogP contribution in [0.25, 0.3) is 43.4 Å². The Balaban J connectivity index is 1.18. The number of para-hydroxylation sites is 2. The Morgan fingerprint density at radius 2 is 0.635 bits per heavy atom. The van der Waals surface area contributed by atoms with E-state index in [-0.39, 0.29) is 0 Å². The van der Waals surface area contributed by atoms with Gasteiger partial charge in [-0.25, -0.2) is 0 Å². The Morgan fingerprint density at radius 1 is 0.254 bits per heavy atom. The molecule has 1 aliphatic rings. The van der Waals surface area contributed by atoms with Crippen LogP contribution in [0, 0.1) is 0 Å². The fourth-order valence-electron chi connectivity index (χ4n) is 10.4. The van der Waals surface area contributed by atoms with Gasteiger partial charge < -0.3 is 9.80 Å². The van der Waals surface area contributed by atoms with E-state index in [0.717, 1.165) is 34.1 Å². The molecule has 0 saturated carbocycles. The predicted molar refractivity (Wildman–Crippen MR) is 266 cm³/mol. The molecule has 0 spiro atoms. The van der Waals surface area contributed by atoms with E-state index in [1.54, 1.807) is 0 Å². The van der Waals surface area contributed by atoms with Crippen LogP contribution >= 0.6 is 0 Å². The van der Waals surface area contributed by atoms with Gasteiger partial charge in [-0.3, -0.25) is 0 Å². The van der Waals surface area contributed by atoms with Gasteiger partial charge in [0.2, 0.25) is 0 Å². The molecular formula is C61H42N2. The van der Waals surface area contributed by atoms with Crippen LogP contribution in [-0.4, -0.2) is 0 Å². The lowest BCUT2D eigenvalue weighted by atomic mass is 9.66. The molecule has 63 heavy (non-hydrogen) atoms. The monoisotopic (exact) mass is 802 g/mol. The molecule has 0 radical (unpaired) electrons. The van der Waals surface area contributed by atoms with Gasteiger partial charge in [0.25, 0.3) is 0 Å². The van der Waals surface area contributed by atoms with E-state index in [1.165, 1.54) is 65.7 Å². The molecule has 12 rings (SSSR count). The Labute approximate surface area is 368 Å². The highest BCUT2D eigenvalue weighted by molar-refractivity contribution is 6.02. The number of hydrogen-bond donors (Lipinski definition) is 0. The average Bonchev–Trinajstić information content (AvgIpc) is 3.64. The van der Waals surface area contributed by atoms with Gasteiger partial charge >= 0.3 is 0 Å². The van der Waals surface area contributed by atoms with Crippen LogP contribution in [0.5, 0.6) is 0 Å². The molecule has 2 nitrogen and oxygen atoms in total. The molecular weight excluding hydrogens is 761 g/mol. The zero-order valence-electron chi connectivity index (χ0n) is 34.6. The Bertz CT molecular complexity index is 3280. The molecule has 0 amide bonds. The summed E-state index contributed by atoms with van der Waals surface area (Å²) in [4.78, 5) is 4.88. The predicted octanol–water partition coefficient (Wildman–Crippen LogP) is 16.4. The van der Waals surface area contributed by atoms with Crippen LogP contribution in [0.3, 0.4) is 0 Å². The van der Waals surface area contributed by atoms with Gasteiger partial charge in [-0.2, -0.15) is 0 Å². The topological polar surface area (TPSA) is 6.48 Å². The molecule has 0 aliphatic heterocycles. The summed E-state index contributed by atoms with van der Waals surface area (Å²) < 4.78 is 0. The summed E-state index contributed by atoms with van der Waals surface area (Å²) in [6.45, 7) is 0. The Kier molecular flexibility index (Phi) is 8.76. The maximum absolute atomic E-state index is 2.48. The molecule has 296 valence electrons. The van der Waals surface area contributed by atoms with E-state index in [9.17, 15) is 0 Å². The lowest BCUT2D eigenvalue weighted by Gasteiger charge is -2.36. The molecule has 0 aromatic heterocycles. The maximum atomic E-state index is 2.48. The molecule has 0 unspecified atom stereocenters. The lowest BCUT2D eigenvalue weighted by molar-refractivity contribution is 0.776. The minimum Gasteiger partial charge on any atom is -0.310 e. The van der Waals surface area contributed by atoms with Crippen molar-refractivity contribution in [2.24, 2.45) is 0 Å². The quantitative estimate of drug-likeness (QED) is 0.151. The van der Waals surface area contributed by atoms with Crippen molar-refractivity contribution >= 4 is 66.4 Å². The van der Waals surface area contributed by atoms with Crippen LogP contribution in [0.2, 0.25) is 0 Å². The van der Waals surface area contributed by atoms with Gasteiger partial charge in [-0.1, -0.05) is 194 Å². The van der Waals surface area contributed by atoms with Crippen LogP contribution < -0.4 is 9.80 Å². The number of nitrogens with zero attached hydrogens (tertiary/aromatic N) is 2. The van der Waals surface area contributed by atoms with Crippen molar-refractivity contribution in [3.63, 3.8) is 0 Å². The lowest BCUT2D eigenvalue weighted by Crippen LogP contribution is -2.29. The summed E-state index contributed by atoms with van der Waals surface area (Å²) in [5.74, 6) is 0. The van der Waals surface area contributed by atoms with Crippen molar-refractivity contribution in [2.75, 3.05) is 9.80 Å². The minimum atomic E-state index is -0.693. The van der Waals surface area contributed by atoms with Gasteiger partial charge in [0.1, 0.15) is 0 Å². The van der Waals surface area contributed by atoms with Crippen LogP contribution in [0.15, 0.2) is 255 Å². The standard InChI is InChI=1S/C61H42N2/c1-4-25-46(26-5-1)61(56-34-16-22-43-19-10-13-31-51(43)56)57-41-49(62(47-27-6-2-7-28-47)59-35-17-23-44-20-11-14-32-52(44)59)37-39-54(57)55-40-38-50(42-58(55)61)63(48-29-8-3-9-30-48)60-36-18-24-45-21-12-15-33-53(45)60/h1-42H. The smallest absolute Gasteiger partial charge is 0.0721 e. The van der Waals surface area contributed by atoms with Crippen molar-refractivity contribution in [2.45, 2.75) is 5.41 Å². The summed E-state index contributed by atoms with van der Waals surface area (Å²) in [6, 6.07) is 93.6.